The van der Waals surface area contributed by atoms with Gasteiger partial charge in [0.05, 0.1) is 13.2 Å². The summed E-state index contributed by atoms with van der Waals surface area (Å²) in [6.45, 7) is 12.5. The number of nitrogens with one attached hydrogen (secondary N) is 1. The number of allylic oxidation sites excluding steroid dienone is 2. The SMILES string of the molecule is C=C/C(F)=C(\NC(C)C(C)C)N1CCOCC1. The van der Waals surface area contributed by atoms with E-state index in [-0.39, 0.29) is 11.9 Å². The highest BCUT2D eigenvalue weighted by molar-refractivity contribution is 5.16. The molecule has 1 fully saturated rings. The van der Waals surface area contributed by atoms with Crippen LogP contribution in [0.3, 0.4) is 0 Å². The van der Waals surface area contributed by atoms with Crippen molar-refractivity contribution >= 4 is 0 Å². The minimum atomic E-state index is -0.292. The zero-order chi connectivity index (χ0) is 12.8. The maximum Gasteiger partial charge on any atom is 0.162 e. The van der Waals surface area contributed by atoms with Crippen LogP contribution in [0, 0.1) is 5.92 Å². The summed E-state index contributed by atoms with van der Waals surface area (Å²) >= 11 is 0. The molecule has 4 heteroatoms. The molecular formula is C13H23FN2O. The fourth-order valence-corrected chi connectivity index (χ4v) is 1.58. The van der Waals surface area contributed by atoms with Crippen LogP contribution in [0.25, 0.3) is 0 Å². The summed E-state index contributed by atoms with van der Waals surface area (Å²) in [7, 11) is 0. The van der Waals surface area contributed by atoms with Gasteiger partial charge in [-0.2, -0.15) is 0 Å². The van der Waals surface area contributed by atoms with Gasteiger partial charge in [0.1, 0.15) is 5.82 Å². The van der Waals surface area contributed by atoms with E-state index in [2.05, 4.69) is 32.7 Å². The first-order chi connectivity index (χ1) is 8.06. The second kappa shape index (κ2) is 6.64. The lowest BCUT2D eigenvalue weighted by atomic mass is 10.1. The fourth-order valence-electron chi connectivity index (χ4n) is 1.58. The number of ether oxygens (including phenoxy) is 1. The number of rotatable bonds is 5. The Labute approximate surface area is 103 Å². The zero-order valence-electron chi connectivity index (χ0n) is 11.0. The molecule has 1 N–H and O–H groups in total. The maximum atomic E-state index is 13.8. The van der Waals surface area contributed by atoms with Crippen LogP contribution in [0.5, 0.6) is 0 Å². The van der Waals surface area contributed by atoms with E-state index in [1.165, 1.54) is 6.08 Å². The molecule has 0 aromatic rings. The Morgan fingerprint density at radius 1 is 1.35 bits per heavy atom. The van der Waals surface area contributed by atoms with Crippen LogP contribution in [0.2, 0.25) is 0 Å². The molecule has 3 nitrogen and oxygen atoms in total. The lowest BCUT2D eigenvalue weighted by molar-refractivity contribution is 0.0477. The minimum absolute atomic E-state index is 0.221. The van der Waals surface area contributed by atoms with Crippen molar-refractivity contribution in [2.45, 2.75) is 26.8 Å². The Kier molecular flexibility index (Phi) is 5.48. The first-order valence-corrected chi connectivity index (χ1v) is 6.17. The first-order valence-electron chi connectivity index (χ1n) is 6.17. The van der Waals surface area contributed by atoms with Crippen molar-refractivity contribution in [2.24, 2.45) is 5.92 Å². The number of morpholine rings is 1. The molecule has 1 aliphatic rings. The van der Waals surface area contributed by atoms with Gasteiger partial charge in [-0.1, -0.05) is 20.4 Å². The molecule has 0 aromatic carbocycles. The van der Waals surface area contributed by atoms with Crippen LogP contribution in [0.4, 0.5) is 4.39 Å². The predicted octanol–water partition coefficient (Wildman–Crippen LogP) is 2.28. The van der Waals surface area contributed by atoms with Crippen molar-refractivity contribution in [2.75, 3.05) is 26.3 Å². The lowest BCUT2D eigenvalue weighted by Gasteiger charge is -2.34. The lowest BCUT2D eigenvalue weighted by Crippen LogP contribution is -2.44. The highest BCUT2D eigenvalue weighted by Gasteiger charge is 2.19. The molecule has 17 heavy (non-hydrogen) atoms. The van der Waals surface area contributed by atoms with Crippen molar-refractivity contribution in [3.05, 3.63) is 24.3 Å². The monoisotopic (exact) mass is 242 g/mol. The molecule has 0 amide bonds. The third-order valence-electron chi connectivity index (χ3n) is 3.10. The van der Waals surface area contributed by atoms with Crippen molar-refractivity contribution in [3.63, 3.8) is 0 Å². The summed E-state index contributed by atoms with van der Waals surface area (Å²) in [6.07, 6.45) is 1.25. The molecule has 0 radical (unpaired) electrons. The van der Waals surface area contributed by atoms with E-state index in [4.69, 9.17) is 4.74 Å². The van der Waals surface area contributed by atoms with E-state index in [0.717, 1.165) is 0 Å². The Bertz CT molecular complexity index is 283. The summed E-state index contributed by atoms with van der Waals surface area (Å²) in [5, 5.41) is 3.24. The average molecular weight is 242 g/mol. The second-order valence-electron chi connectivity index (χ2n) is 4.68. The zero-order valence-corrected chi connectivity index (χ0v) is 11.0. The molecule has 1 rings (SSSR count). The van der Waals surface area contributed by atoms with Gasteiger partial charge in [-0.15, -0.1) is 0 Å². The molecule has 1 atom stereocenters. The normalized spacial score (nSPS) is 19.9. The largest absolute Gasteiger partial charge is 0.378 e. The van der Waals surface area contributed by atoms with E-state index in [1.54, 1.807) is 0 Å². The Morgan fingerprint density at radius 3 is 2.41 bits per heavy atom. The van der Waals surface area contributed by atoms with Crippen LogP contribution >= 0.6 is 0 Å². The van der Waals surface area contributed by atoms with Gasteiger partial charge in [0, 0.05) is 19.1 Å². The van der Waals surface area contributed by atoms with Gasteiger partial charge in [0.25, 0.3) is 0 Å². The summed E-state index contributed by atoms with van der Waals surface area (Å²) in [4.78, 5) is 1.99. The van der Waals surface area contributed by atoms with Crippen LogP contribution in [-0.2, 0) is 4.74 Å². The van der Waals surface area contributed by atoms with E-state index in [1.807, 2.05) is 4.90 Å². The Morgan fingerprint density at radius 2 is 1.94 bits per heavy atom. The van der Waals surface area contributed by atoms with Crippen LogP contribution in [0.1, 0.15) is 20.8 Å². The van der Waals surface area contributed by atoms with Crippen LogP contribution < -0.4 is 5.32 Å². The number of halogens is 1. The van der Waals surface area contributed by atoms with Crippen molar-refractivity contribution < 1.29 is 9.13 Å². The third-order valence-corrected chi connectivity index (χ3v) is 3.10. The highest BCUT2D eigenvalue weighted by atomic mass is 19.1. The molecule has 1 saturated heterocycles. The molecule has 1 heterocycles. The molecule has 0 spiro atoms. The molecular weight excluding hydrogens is 219 g/mol. The van der Waals surface area contributed by atoms with E-state index < -0.39 is 0 Å². The van der Waals surface area contributed by atoms with Crippen LogP contribution in [-0.4, -0.2) is 37.2 Å². The van der Waals surface area contributed by atoms with Gasteiger partial charge in [-0.3, -0.25) is 0 Å². The molecule has 0 aromatic heterocycles. The van der Waals surface area contributed by atoms with Gasteiger partial charge in [0.2, 0.25) is 0 Å². The molecule has 0 aliphatic carbocycles. The number of hydrogen-bond donors (Lipinski definition) is 1. The average Bonchev–Trinajstić information content (AvgIpc) is 2.35. The van der Waals surface area contributed by atoms with Crippen molar-refractivity contribution in [1.29, 1.82) is 0 Å². The number of nitrogens with zero attached hydrogens (tertiary/aromatic N) is 1. The van der Waals surface area contributed by atoms with Gasteiger partial charge >= 0.3 is 0 Å². The van der Waals surface area contributed by atoms with Gasteiger partial charge < -0.3 is 15.0 Å². The van der Waals surface area contributed by atoms with Gasteiger partial charge in [-0.25, -0.2) is 4.39 Å². The molecule has 1 unspecified atom stereocenters. The molecule has 0 bridgehead atoms. The van der Waals surface area contributed by atoms with Gasteiger partial charge in [0.15, 0.2) is 5.83 Å². The first kappa shape index (κ1) is 14.0. The van der Waals surface area contributed by atoms with Crippen molar-refractivity contribution in [3.8, 4) is 0 Å². The van der Waals surface area contributed by atoms with E-state index in [9.17, 15) is 4.39 Å². The highest BCUT2D eigenvalue weighted by Crippen LogP contribution is 2.15. The third kappa shape index (κ3) is 4.04. The molecule has 1 aliphatic heterocycles. The Hall–Kier alpha value is -1.03. The Balaban J connectivity index is 2.77. The van der Waals surface area contributed by atoms with Crippen molar-refractivity contribution in [1.82, 2.24) is 10.2 Å². The molecule has 98 valence electrons. The topological polar surface area (TPSA) is 24.5 Å². The summed E-state index contributed by atoms with van der Waals surface area (Å²) < 4.78 is 19.1. The predicted molar refractivity (Wildman–Crippen MR) is 68.2 cm³/mol. The van der Waals surface area contributed by atoms with E-state index >= 15 is 0 Å². The standard InChI is InChI=1S/C13H23FN2O/c1-5-12(14)13(15-11(4)10(2)3)16-6-8-17-9-7-16/h5,10-11,15H,1,6-9H2,2-4H3/b13-12-. The summed E-state index contributed by atoms with van der Waals surface area (Å²) in [5.74, 6) is 0.701. The van der Waals surface area contributed by atoms with Gasteiger partial charge in [-0.05, 0) is 18.9 Å². The summed E-state index contributed by atoms with van der Waals surface area (Å²) in [6, 6.07) is 0.221. The smallest absolute Gasteiger partial charge is 0.162 e. The number of hydrogen-bond acceptors (Lipinski definition) is 3. The summed E-state index contributed by atoms with van der Waals surface area (Å²) in [5.41, 5.74) is 0. The maximum absolute atomic E-state index is 13.8. The van der Waals surface area contributed by atoms with E-state index in [0.29, 0.717) is 38.0 Å². The second-order valence-corrected chi connectivity index (χ2v) is 4.68. The minimum Gasteiger partial charge on any atom is -0.378 e. The fraction of sp³-hybridized carbons (Fsp3) is 0.692. The molecule has 0 saturated carbocycles. The quantitative estimate of drug-likeness (QED) is 0.749. The van der Waals surface area contributed by atoms with Crippen LogP contribution in [0.15, 0.2) is 24.3 Å².